The number of fused-ring (bicyclic) bond motifs is 3. The predicted octanol–water partition coefficient (Wildman–Crippen LogP) is 15.0. The predicted molar refractivity (Wildman–Crippen MR) is 238 cm³/mol. The van der Waals surface area contributed by atoms with Gasteiger partial charge in [-0.1, -0.05) is 158 Å². The Morgan fingerprint density at radius 3 is 1.84 bits per heavy atom. The Hall–Kier alpha value is -6.46. The van der Waals surface area contributed by atoms with Crippen LogP contribution in [-0.4, -0.2) is 4.98 Å². The second-order valence-corrected chi connectivity index (χ2v) is 15.2. The van der Waals surface area contributed by atoms with Crippen molar-refractivity contribution in [2.45, 2.75) is 4.90 Å². The van der Waals surface area contributed by atoms with Gasteiger partial charge in [-0.25, -0.2) is 4.98 Å². The lowest BCUT2D eigenvalue weighted by Crippen LogP contribution is -2.11. The highest BCUT2D eigenvalue weighted by molar-refractivity contribution is 7.80. The van der Waals surface area contributed by atoms with E-state index in [0.29, 0.717) is 0 Å². The summed E-state index contributed by atoms with van der Waals surface area (Å²) >= 11 is 6.75. The van der Waals surface area contributed by atoms with Crippen molar-refractivity contribution in [1.29, 1.82) is 0 Å². The van der Waals surface area contributed by atoms with Gasteiger partial charge in [0, 0.05) is 27.2 Å². The third kappa shape index (κ3) is 6.16. The average molecular weight is 739 g/mol. The Labute approximate surface area is 330 Å². The van der Waals surface area contributed by atoms with Gasteiger partial charge >= 0.3 is 0 Å². The van der Waals surface area contributed by atoms with Crippen LogP contribution in [0.15, 0.2) is 205 Å². The number of hydrogen-bond acceptors (Lipinski definition) is 4. The van der Waals surface area contributed by atoms with Crippen molar-refractivity contribution in [3.63, 3.8) is 0 Å². The molecule has 0 radical (unpaired) electrons. The maximum absolute atomic E-state index is 5.04. The van der Waals surface area contributed by atoms with Crippen LogP contribution in [0.4, 0.5) is 17.1 Å². The Morgan fingerprint density at radius 1 is 0.418 bits per heavy atom. The number of nitrogens with zero attached hydrogens (tertiary/aromatic N) is 2. The summed E-state index contributed by atoms with van der Waals surface area (Å²) in [5, 5.41) is 5.84. The number of anilines is 3. The second kappa shape index (κ2) is 14.1. The molecule has 2 nitrogen and oxygen atoms in total. The average Bonchev–Trinajstić information content (AvgIpc) is 3.67. The molecule has 0 saturated heterocycles. The monoisotopic (exact) mass is 738 g/mol. The third-order valence-electron chi connectivity index (χ3n) is 10.4. The number of benzene rings is 9. The Kier molecular flexibility index (Phi) is 8.48. The number of thiol groups is 1. The lowest BCUT2D eigenvalue weighted by Gasteiger charge is -2.28. The first-order valence-electron chi connectivity index (χ1n) is 18.4. The van der Waals surface area contributed by atoms with Crippen LogP contribution in [0.3, 0.4) is 0 Å². The van der Waals surface area contributed by atoms with Crippen LogP contribution in [0.25, 0.3) is 75.7 Å². The minimum atomic E-state index is 0.900. The molecule has 9 aromatic carbocycles. The molecule has 1 aromatic heterocycles. The molecule has 0 bridgehead atoms. The molecule has 0 saturated carbocycles. The van der Waals surface area contributed by atoms with E-state index >= 15 is 0 Å². The van der Waals surface area contributed by atoms with Crippen LogP contribution in [-0.2, 0) is 0 Å². The molecule has 0 fully saturated rings. The van der Waals surface area contributed by atoms with Crippen LogP contribution in [0.5, 0.6) is 0 Å². The second-order valence-electron chi connectivity index (χ2n) is 13.7. The van der Waals surface area contributed by atoms with Crippen LogP contribution < -0.4 is 4.90 Å². The summed E-state index contributed by atoms with van der Waals surface area (Å²) in [6, 6.07) is 71.8. The topological polar surface area (TPSA) is 16.1 Å². The summed E-state index contributed by atoms with van der Waals surface area (Å²) in [4.78, 5) is 8.28. The number of aromatic nitrogens is 1. The van der Waals surface area contributed by atoms with E-state index in [0.717, 1.165) is 53.9 Å². The zero-order valence-corrected chi connectivity index (χ0v) is 31.5. The Morgan fingerprint density at radius 2 is 1.04 bits per heavy atom. The van der Waals surface area contributed by atoms with Gasteiger partial charge < -0.3 is 4.90 Å². The smallest absolute Gasteiger partial charge is 0.124 e. The molecule has 0 aliphatic carbocycles. The van der Waals surface area contributed by atoms with E-state index in [4.69, 9.17) is 17.6 Å². The van der Waals surface area contributed by atoms with Crippen LogP contribution in [0.1, 0.15) is 0 Å². The fraction of sp³-hybridized carbons (Fsp3) is 0. The molecule has 4 heteroatoms. The fourth-order valence-corrected chi connectivity index (χ4v) is 9.07. The van der Waals surface area contributed by atoms with Crippen molar-refractivity contribution < 1.29 is 0 Å². The van der Waals surface area contributed by atoms with E-state index in [1.165, 1.54) is 43.8 Å². The van der Waals surface area contributed by atoms with Crippen molar-refractivity contribution in [2.75, 3.05) is 4.90 Å². The first-order valence-corrected chi connectivity index (χ1v) is 19.7. The molecule has 0 spiro atoms. The van der Waals surface area contributed by atoms with Gasteiger partial charge in [0.25, 0.3) is 0 Å². The fourth-order valence-electron chi connectivity index (χ4n) is 7.77. The van der Waals surface area contributed by atoms with E-state index < -0.39 is 0 Å². The summed E-state index contributed by atoms with van der Waals surface area (Å²) in [6.45, 7) is 0. The number of thiazole rings is 1. The molecule has 10 aromatic rings. The van der Waals surface area contributed by atoms with Crippen molar-refractivity contribution in [2.24, 2.45) is 0 Å². The Bertz CT molecular complexity index is 2990. The standard InChI is InChI=1S/C51H34N2S2/c54-49-33-47-50(55-51(52-47)37-18-5-2-6-19-37)32-45(49)38-22-11-23-39(30-38)53(48-27-13-21-36-17-8-10-25-43(36)48)40-28-29-42(34-14-3-1-4-15-34)46(31-40)44-26-12-20-35-16-7-9-24-41(35)44/h1-33,54H. The van der Waals surface area contributed by atoms with Gasteiger partial charge in [0.15, 0.2) is 0 Å². The van der Waals surface area contributed by atoms with E-state index in [1.54, 1.807) is 11.3 Å². The number of hydrogen-bond donors (Lipinski definition) is 1. The lowest BCUT2D eigenvalue weighted by molar-refractivity contribution is 1.30. The van der Waals surface area contributed by atoms with Crippen molar-refractivity contribution in [3.8, 4) is 44.0 Å². The summed E-state index contributed by atoms with van der Waals surface area (Å²) in [5.74, 6) is 0. The molecule has 55 heavy (non-hydrogen) atoms. The molecule has 10 rings (SSSR count). The highest BCUT2D eigenvalue weighted by atomic mass is 32.1. The molecule has 1 heterocycles. The molecule has 0 aliphatic rings. The molecule has 0 N–H and O–H groups in total. The van der Waals surface area contributed by atoms with Gasteiger partial charge in [0.1, 0.15) is 5.01 Å². The first-order chi connectivity index (χ1) is 27.2. The van der Waals surface area contributed by atoms with Crippen molar-refractivity contribution in [3.05, 3.63) is 200 Å². The van der Waals surface area contributed by atoms with E-state index in [2.05, 4.69) is 199 Å². The highest BCUT2D eigenvalue weighted by Crippen LogP contribution is 2.45. The SMILES string of the molecule is Sc1cc2nc(-c3ccccc3)sc2cc1-c1cccc(N(c2ccc(-c3ccccc3)c(-c3cccc4ccccc34)c2)c2cccc3ccccc23)c1. The van der Waals surface area contributed by atoms with Crippen molar-refractivity contribution in [1.82, 2.24) is 4.98 Å². The van der Waals surface area contributed by atoms with Gasteiger partial charge in [-0.05, 0) is 92.0 Å². The minimum Gasteiger partial charge on any atom is -0.310 e. The van der Waals surface area contributed by atoms with Gasteiger partial charge in [-0.15, -0.1) is 24.0 Å². The van der Waals surface area contributed by atoms with Crippen LogP contribution >= 0.6 is 24.0 Å². The molecule has 0 unspecified atom stereocenters. The maximum atomic E-state index is 5.04. The maximum Gasteiger partial charge on any atom is 0.124 e. The number of rotatable bonds is 7. The highest BCUT2D eigenvalue weighted by Gasteiger charge is 2.20. The third-order valence-corrected chi connectivity index (χ3v) is 11.8. The molecule has 0 atom stereocenters. The molecule has 260 valence electrons. The van der Waals surface area contributed by atoms with E-state index in [9.17, 15) is 0 Å². The molecule has 0 amide bonds. The normalized spacial score (nSPS) is 11.4. The molecular formula is C51H34N2S2. The molecule has 0 aliphatic heterocycles. The minimum absolute atomic E-state index is 0.900. The van der Waals surface area contributed by atoms with Gasteiger partial charge in [-0.3, -0.25) is 0 Å². The zero-order chi connectivity index (χ0) is 36.7. The van der Waals surface area contributed by atoms with E-state index in [-0.39, 0.29) is 0 Å². The van der Waals surface area contributed by atoms with Crippen LogP contribution in [0, 0.1) is 0 Å². The summed E-state index contributed by atoms with van der Waals surface area (Å²) < 4.78 is 1.14. The van der Waals surface area contributed by atoms with Gasteiger partial charge in [0.05, 0.1) is 15.9 Å². The van der Waals surface area contributed by atoms with Crippen molar-refractivity contribution >= 4 is 72.8 Å². The Balaban J connectivity index is 1.18. The first kappa shape index (κ1) is 33.1. The molecular weight excluding hydrogens is 705 g/mol. The summed E-state index contributed by atoms with van der Waals surface area (Å²) in [6.07, 6.45) is 0. The summed E-state index contributed by atoms with van der Waals surface area (Å²) in [7, 11) is 0. The lowest BCUT2D eigenvalue weighted by atomic mass is 9.90. The zero-order valence-electron chi connectivity index (χ0n) is 29.8. The quantitative estimate of drug-likeness (QED) is 0.164. The summed E-state index contributed by atoms with van der Waals surface area (Å²) in [5.41, 5.74) is 12.3. The van der Waals surface area contributed by atoms with Gasteiger partial charge in [0.2, 0.25) is 0 Å². The van der Waals surface area contributed by atoms with Crippen LogP contribution in [0.2, 0.25) is 0 Å². The van der Waals surface area contributed by atoms with E-state index in [1.807, 2.05) is 6.07 Å². The van der Waals surface area contributed by atoms with Gasteiger partial charge in [-0.2, -0.15) is 0 Å². The largest absolute Gasteiger partial charge is 0.310 e.